The predicted molar refractivity (Wildman–Crippen MR) is 46.8 cm³/mol. The monoisotopic (exact) mass is 168 g/mol. The number of hydrogen-bond donors (Lipinski definition) is 0. The Morgan fingerprint density at radius 3 is 2.55 bits per heavy atom. The van der Waals surface area contributed by atoms with E-state index in [4.69, 9.17) is 4.52 Å². The minimum atomic E-state index is 0.0167. The third-order valence-electron chi connectivity index (χ3n) is 1.39. The van der Waals surface area contributed by atoms with Crippen molar-refractivity contribution in [1.29, 1.82) is 0 Å². The van der Waals surface area contributed by atoms with Gasteiger partial charge in [0.15, 0.2) is 5.78 Å². The van der Waals surface area contributed by atoms with Crippen LogP contribution in [-0.4, -0.2) is 5.78 Å². The second kappa shape index (κ2) is 3.49. The molecule has 11 heavy (non-hydrogen) atoms. The summed E-state index contributed by atoms with van der Waals surface area (Å²) in [7, 11) is 2.12. The normalized spacial score (nSPS) is 9.27. The number of para-hydroxylation sites is 1. The van der Waals surface area contributed by atoms with E-state index in [1.54, 1.807) is 12.1 Å². The molecule has 1 unspecified atom stereocenters. The average Bonchev–Trinajstić information content (AvgIpc) is 2.04. The maximum absolute atomic E-state index is 10.9. The van der Waals surface area contributed by atoms with Crippen LogP contribution >= 0.6 is 9.47 Å². The number of rotatable bonds is 2. The Balaban J connectivity index is 3.12. The Kier molecular flexibility index (Phi) is 2.61. The van der Waals surface area contributed by atoms with Gasteiger partial charge in [-0.3, -0.25) is 4.79 Å². The molecule has 0 saturated heterocycles. The largest absolute Gasteiger partial charge is 0.480 e. The van der Waals surface area contributed by atoms with E-state index in [1.807, 2.05) is 12.1 Å². The number of carbonyl (C=O) groups is 1. The minimum Gasteiger partial charge on any atom is -0.480 e. The zero-order valence-corrected chi connectivity index (χ0v) is 7.36. The molecule has 1 rings (SSSR count). The van der Waals surface area contributed by atoms with E-state index in [9.17, 15) is 4.79 Å². The first kappa shape index (κ1) is 8.22. The highest BCUT2D eigenvalue weighted by Crippen LogP contribution is 2.19. The SMILES string of the molecule is CC(=O)c1ccccc1OP. The zero-order chi connectivity index (χ0) is 8.27. The lowest BCUT2D eigenvalue weighted by molar-refractivity contribution is 0.101. The van der Waals surface area contributed by atoms with E-state index < -0.39 is 0 Å². The molecule has 0 radical (unpaired) electrons. The van der Waals surface area contributed by atoms with E-state index >= 15 is 0 Å². The first-order valence-electron chi connectivity index (χ1n) is 3.22. The van der Waals surface area contributed by atoms with Crippen molar-refractivity contribution in [3.8, 4) is 5.75 Å². The van der Waals surface area contributed by atoms with Crippen molar-refractivity contribution in [2.45, 2.75) is 6.92 Å². The van der Waals surface area contributed by atoms with E-state index in [0.29, 0.717) is 11.3 Å². The van der Waals surface area contributed by atoms with Crippen LogP contribution in [0.25, 0.3) is 0 Å². The van der Waals surface area contributed by atoms with Gasteiger partial charge in [-0.15, -0.1) is 0 Å². The molecule has 1 aromatic rings. The molecule has 0 N–H and O–H groups in total. The van der Waals surface area contributed by atoms with Gasteiger partial charge >= 0.3 is 0 Å². The van der Waals surface area contributed by atoms with Crippen LogP contribution < -0.4 is 4.52 Å². The molecule has 0 aromatic heterocycles. The molecule has 0 fully saturated rings. The maximum atomic E-state index is 10.9. The van der Waals surface area contributed by atoms with Gasteiger partial charge in [-0.05, 0) is 19.1 Å². The number of ketones is 1. The second-order valence-corrected chi connectivity index (χ2v) is 2.41. The Hall–Kier alpha value is -0.880. The summed E-state index contributed by atoms with van der Waals surface area (Å²) in [5, 5.41) is 0. The summed E-state index contributed by atoms with van der Waals surface area (Å²) < 4.78 is 4.90. The molecule has 0 amide bonds. The molecule has 1 atom stereocenters. The third kappa shape index (κ3) is 1.78. The quantitative estimate of drug-likeness (QED) is 0.499. The standard InChI is InChI=1S/C8H9O2P/c1-6(9)7-4-2-3-5-8(7)10-11/h2-5H,11H2,1H3. The molecule has 0 aliphatic carbocycles. The summed E-state index contributed by atoms with van der Waals surface area (Å²) in [6.07, 6.45) is 0. The molecule has 0 bridgehead atoms. The van der Waals surface area contributed by atoms with Crippen molar-refractivity contribution in [1.82, 2.24) is 0 Å². The Labute approximate surface area is 67.9 Å². The van der Waals surface area contributed by atoms with E-state index in [-0.39, 0.29) is 5.78 Å². The van der Waals surface area contributed by atoms with Crippen LogP contribution in [0.2, 0.25) is 0 Å². The lowest BCUT2D eigenvalue weighted by Gasteiger charge is -2.02. The summed E-state index contributed by atoms with van der Waals surface area (Å²) in [6.45, 7) is 1.52. The molecule has 0 heterocycles. The van der Waals surface area contributed by atoms with Crippen molar-refractivity contribution in [3.63, 3.8) is 0 Å². The molecule has 0 spiro atoms. The van der Waals surface area contributed by atoms with Crippen LogP contribution in [-0.2, 0) is 0 Å². The number of Topliss-reactive ketones (excluding diaryl/α,β-unsaturated/α-hetero) is 1. The van der Waals surface area contributed by atoms with Gasteiger partial charge in [-0.25, -0.2) is 0 Å². The second-order valence-electron chi connectivity index (χ2n) is 2.17. The van der Waals surface area contributed by atoms with E-state index in [2.05, 4.69) is 9.47 Å². The smallest absolute Gasteiger partial charge is 0.163 e. The average molecular weight is 168 g/mol. The van der Waals surface area contributed by atoms with Gasteiger partial charge in [0.05, 0.1) is 15.0 Å². The first-order valence-corrected chi connectivity index (χ1v) is 3.69. The third-order valence-corrected chi connectivity index (χ3v) is 1.65. The zero-order valence-electron chi connectivity index (χ0n) is 6.20. The van der Waals surface area contributed by atoms with Gasteiger partial charge in [-0.2, -0.15) is 0 Å². The van der Waals surface area contributed by atoms with Crippen molar-refractivity contribution in [2.24, 2.45) is 0 Å². The van der Waals surface area contributed by atoms with Gasteiger partial charge in [-0.1, -0.05) is 12.1 Å². The van der Waals surface area contributed by atoms with Crippen LogP contribution in [0, 0.1) is 0 Å². The van der Waals surface area contributed by atoms with Crippen molar-refractivity contribution < 1.29 is 9.32 Å². The molecule has 0 aliphatic heterocycles. The lowest BCUT2D eigenvalue weighted by Crippen LogP contribution is -1.93. The Bertz CT molecular complexity index is 271. The Morgan fingerprint density at radius 2 is 2.09 bits per heavy atom. The fraction of sp³-hybridized carbons (Fsp3) is 0.125. The highest BCUT2D eigenvalue weighted by Gasteiger charge is 2.04. The number of hydrogen-bond acceptors (Lipinski definition) is 2. The fourth-order valence-corrected chi connectivity index (χ4v) is 1.07. The fourth-order valence-electron chi connectivity index (χ4n) is 0.860. The molecule has 0 saturated carbocycles. The van der Waals surface area contributed by atoms with Gasteiger partial charge < -0.3 is 4.52 Å². The summed E-state index contributed by atoms with van der Waals surface area (Å²) in [5.74, 6) is 0.619. The number of carbonyl (C=O) groups excluding carboxylic acids is 1. The van der Waals surface area contributed by atoms with Crippen LogP contribution in [0.3, 0.4) is 0 Å². The summed E-state index contributed by atoms with van der Waals surface area (Å²) in [4.78, 5) is 10.9. The highest BCUT2D eigenvalue weighted by atomic mass is 31.0. The molecule has 1 aromatic carbocycles. The summed E-state index contributed by atoms with van der Waals surface area (Å²) >= 11 is 0. The van der Waals surface area contributed by atoms with Crippen LogP contribution in [0.5, 0.6) is 5.75 Å². The van der Waals surface area contributed by atoms with E-state index in [1.165, 1.54) is 6.92 Å². The Morgan fingerprint density at radius 1 is 1.45 bits per heavy atom. The van der Waals surface area contributed by atoms with Crippen molar-refractivity contribution in [3.05, 3.63) is 29.8 Å². The van der Waals surface area contributed by atoms with Crippen LogP contribution in [0.15, 0.2) is 24.3 Å². The number of benzene rings is 1. The topological polar surface area (TPSA) is 26.3 Å². The molecular formula is C8H9O2P. The van der Waals surface area contributed by atoms with Gasteiger partial charge in [0.25, 0.3) is 0 Å². The van der Waals surface area contributed by atoms with Crippen LogP contribution in [0.1, 0.15) is 17.3 Å². The maximum Gasteiger partial charge on any atom is 0.163 e. The van der Waals surface area contributed by atoms with Gasteiger partial charge in [0, 0.05) is 0 Å². The van der Waals surface area contributed by atoms with Crippen LogP contribution in [0.4, 0.5) is 0 Å². The summed E-state index contributed by atoms with van der Waals surface area (Å²) in [6, 6.07) is 7.13. The molecule has 3 heteroatoms. The molecular weight excluding hydrogens is 159 g/mol. The van der Waals surface area contributed by atoms with Gasteiger partial charge in [0.1, 0.15) is 5.75 Å². The minimum absolute atomic E-state index is 0.0167. The van der Waals surface area contributed by atoms with E-state index in [0.717, 1.165) is 0 Å². The summed E-state index contributed by atoms with van der Waals surface area (Å²) in [5.41, 5.74) is 0.613. The highest BCUT2D eigenvalue weighted by molar-refractivity contribution is 7.10. The van der Waals surface area contributed by atoms with Crippen molar-refractivity contribution in [2.75, 3.05) is 0 Å². The molecule has 0 aliphatic rings. The van der Waals surface area contributed by atoms with Crippen molar-refractivity contribution >= 4 is 15.2 Å². The predicted octanol–water partition coefficient (Wildman–Crippen LogP) is 2.06. The van der Waals surface area contributed by atoms with Gasteiger partial charge in [0.2, 0.25) is 0 Å². The lowest BCUT2D eigenvalue weighted by atomic mass is 10.1. The molecule has 58 valence electrons. The first-order chi connectivity index (χ1) is 5.25. The molecule has 2 nitrogen and oxygen atoms in total.